The molecule has 0 aliphatic rings. The van der Waals surface area contributed by atoms with Crippen molar-refractivity contribution in [1.29, 1.82) is 0 Å². The number of ether oxygens (including phenoxy) is 2. The highest BCUT2D eigenvalue weighted by atomic mass is 19.4. The number of carbonyl (C=O) groups is 5. The lowest BCUT2D eigenvalue weighted by Gasteiger charge is -2.28. The number of alkyl halides is 3. The van der Waals surface area contributed by atoms with E-state index >= 15 is 0 Å². The second kappa shape index (κ2) is 15.5. The molecule has 2 aromatic rings. The quantitative estimate of drug-likeness (QED) is 0.150. The number of fused-ring (bicyclic) bond motifs is 1. The van der Waals surface area contributed by atoms with E-state index in [-0.39, 0.29) is 42.9 Å². The van der Waals surface area contributed by atoms with Gasteiger partial charge in [0, 0.05) is 37.6 Å². The number of amides is 2. The summed E-state index contributed by atoms with van der Waals surface area (Å²) in [6.07, 6.45) is -4.89. The van der Waals surface area contributed by atoms with Crippen LogP contribution < -0.4 is 20.3 Å². The maximum atomic E-state index is 14.3. The minimum atomic E-state index is -5.15. The van der Waals surface area contributed by atoms with Crippen LogP contribution in [0.2, 0.25) is 0 Å². The van der Waals surface area contributed by atoms with Gasteiger partial charge in [-0.1, -0.05) is 0 Å². The largest absolute Gasteiger partial charge is 0.493 e. The smallest absolute Gasteiger partial charge is 0.419 e. The monoisotopic (exact) mass is 633 g/mol. The van der Waals surface area contributed by atoms with E-state index in [0.717, 1.165) is 21.9 Å². The van der Waals surface area contributed by atoms with Crippen molar-refractivity contribution < 1.29 is 61.9 Å². The van der Waals surface area contributed by atoms with Gasteiger partial charge in [0.05, 0.1) is 51.5 Å². The highest BCUT2D eigenvalue weighted by molar-refractivity contribution is 5.96. The first-order chi connectivity index (χ1) is 20.6. The van der Waals surface area contributed by atoms with Gasteiger partial charge in [0.25, 0.3) is 5.56 Å². The number of urea groups is 1. The average Bonchev–Trinajstić information content (AvgIpc) is 2.91. The highest BCUT2D eigenvalue weighted by Crippen LogP contribution is 2.41. The molecule has 0 radical (unpaired) electrons. The van der Waals surface area contributed by atoms with E-state index in [0.29, 0.717) is 0 Å². The Morgan fingerprint density at radius 2 is 1.39 bits per heavy atom. The lowest BCUT2D eigenvalue weighted by Crippen LogP contribution is -2.46. The van der Waals surface area contributed by atoms with Crippen molar-refractivity contribution >= 4 is 46.8 Å². The molecule has 1 aromatic carbocycles. The summed E-state index contributed by atoms with van der Waals surface area (Å²) in [5.74, 6) is -4.06. The number of aromatic amines is 1. The number of rotatable bonds is 17. The van der Waals surface area contributed by atoms with Crippen LogP contribution in [0.5, 0.6) is 11.5 Å². The molecular formula is C25H30F3N5O11. The number of nitrogens with one attached hydrogen (secondary N) is 2. The lowest BCUT2D eigenvalue weighted by atomic mass is 10.1. The first kappa shape index (κ1) is 35.3. The SMILES string of the molecule is COc1cc2[nH]c(=O)c(NC(=O)N(CC=O)CCN(CCN(CC(=O)O)CC(=O)O)CC(=O)O)c(C(F)(F)F)c2cc1OC. The summed E-state index contributed by atoms with van der Waals surface area (Å²) in [7, 11) is 2.43. The van der Waals surface area contributed by atoms with Gasteiger partial charge in [0.2, 0.25) is 0 Å². The molecule has 0 saturated heterocycles. The molecule has 0 unspecified atom stereocenters. The van der Waals surface area contributed by atoms with E-state index in [1.54, 1.807) is 0 Å². The van der Waals surface area contributed by atoms with Crippen molar-refractivity contribution in [2.45, 2.75) is 6.18 Å². The highest BCUT2D eigenvalue weighted by Gasteiger charge is 2.38. The molecule has 19 heteroatoms. The zero-order valence-electron chi connectivity index (χ0n) is 23.5. The fourth-order valence-electron chi connectivity index (χ4n) is 4.19. The van der Waals surface area contributed by atoms with Crippen molar-refractivity contribution in [3.63, 3.8) is 0 Å². The fraction of sp³-hybridized carbons (Fsp3) is 0.440. The number of halogens is 3. The van der Waals surface area contributed by atoms with Crippen LogP contribution >= 0.6 is 0 Å². The van der Waals surface area contributed by atoms with E-state index in [9.17, 15) is 47.0 Å². The number of aromatic nitrogens is 1. The second-order valence-corrected chi connectivity index (χ2v) is 9.17. The van der Waals surface area contributed by atoms with E-state index in [4.69, 9.17) is 19.7 Å². The molecular weight excluding hydrogens is 603 g/mol. The molecule has 2 rings (SSSR count). The third-order valence-electron chi connectivity index (χ3n) is 6.11. The maximum absolute atomic E-state index is 14.3. The molecule has 0 aliphatic heterocycles. The number of aldehydes is 1. The molecule has 44 heavy (non-hydrogen) atoms. The number of carboxylic acids is 3. The lowest BCUT2D eigenvalue weighted by molar-refractivity contribution is -0.143. The number of hydrogen-bond donors (Lipinski definition) is 5. The summed E-state index contributed by atoms with van der Waals surface area (Å²) in [6, 6.07) is 0.787. The topological polar surface area (TPSA) is 219 Å². The number of methoxy groups -OCH3 is 2. The van der Waals surface area contributed by atoms with E-state index in [1.807, 2.05) is 5.32 Å². The van der Waals surface area contributed by atoms with Crippen LogP contribution in [0.1, 0.15) is 5.56 Å². The Morgan fingerprint density at radius 1 is 0.886 bits per heavy atom. The number of hydrogen-bond acceptors (Lipinski definition) is 10. The molecule has 242 valence electrons. The minimum Gasteiger partial charge on any atom is -0.493 e. The molecule has 0 spiro atoms. The first-order valence-corrected chi connectivity index (χ1v) is 12.6. The van der Waals surface area contributed by atoms with Crippen LogP contribution in [0.15, 0.2) is 16.9 Å². The van der Waals surface area contributed by atoms with Crippen LogP contribution in [0.25, 0.3) is 10.9 Å². The predicted octanol–water partition coefficient (Wildman–Crippen LogP) is 0.455. The number of benzene rings is 1. The second-order valence-electron chi connectivity index (χ2n) is 9.17. The van der Waals surface area contributed by atoms with Crippen LogP contribution in [-0.2, 0) is 25.4 Å². The molecule has 1 aromatic heterocycles. The van der Waals surface area contributed by atoms with E-state index in [1.165, 1.54) is 19.1 Å². The van der Waals surface area contributed by atoms with Gasteiger partial charge in [-0.2, -0.15) is 13.2 Å². The van der Waals surface area contributed by atoms with Gasteiger partial charge in [-0.15, -0.1) is 0 Å². The van der Waals surface area contributed by atoms with Crippen molar-refractivity contribution in [2.24, 2.45) is 0 Å². The Balaban J connectivity index is 2.37. The molecule has 1 heterocycles. The molecule has 2 amide bonds. The number of carbonyl (C=O) groups excluding carboxylic acids is 2. The summed E-state index contributed by atoms with van der Waals surface area (Å²) < 4.78 is 52.9. The van der Waals surface area contributed by atoms with Crippen LogP contribution in [-0.4, -0.2) is 132 Å². The first-order valence-electron chi connectivity index (χ1n) is 12.6. The Kier molecular flexibility index (Phi) is 12.5. The Morgan fingerprint density at radius 3 is 1.89 bits per heavy atom. The van der Waals surface area contributed by atoms with Gasteiger partial charge in [0.15, 0.2) is 11.5 Å². The normalized spacial score (nSPS) is 11.4. The van der Waals surface area contributed by atoms with Gasteiger partial charge in [-0.3, -0.25) is 29.0 Å². The van der Waals surface area contributed by atoms with Crippen molar-refractivity contribution in [2.75, 3.05) is 71.9 Å². The van der Waals surface area contributed by atoms with Crippen LogP contribution in [0, 0.1) is 0 Å². The minimum absolute atomic E-state index is 0.0256. The van der Waals surface area contributed by atoms with Gasteiger partial charge in [-0.25, -0.2) is 4.79 Å². The summed E-state index contributed by atoms with van der Waals surface area (Å²) in [4.78, 5) is 75.7. The Hall–Kier alpha value is -4.91. The molecule has 0 fully saturated rings. The molecule has 0 saturated carbocycles. The number of aliphatic carboxylic acids is 3. The van der Waals surface area contributed by atoms with Crippen LogP contribution in [0.4, 0.5) is 23.7 Å². The number of nitrogens with zero attached hydrogens (tertiary/aromatic N) is 3. The van der Waals surface area contributed by atoms with E-state index < -0.39 is 85.0 Å². The number of anilines is 1. The van der Waals surface area contributed by atoms with E-state index in [2.05, 4.69) is 4.98 Å². The van der Waals surface area contributed by atoms with Gasteiger partial charge < -0.3 is 44.8 Å². The standard InChI is InChI=1S/C25H30F3N5O11/c1-43-16-9-14-15(10-17(16)44-2)29-23(41)22(21(14)25(26,27)28)30-24(42)33(7-8-34)6-5-31(11-18(35)36)3-4-32(12-19(37)38)13-20(39)40/h8-10H,3-7,11-13H2,1-2H3,(H,29,41)(H,30,42)(H,35,36)(H,37,38)(H,39,40). The van der Waals surface area contributed by atoms with Gasteiger partial charge in [-0.05, 0) is 6.07 Å². The zero-order valence-corrected chi connectivity index (χ0v) is 23.5. The molecule has 0 aliphatic carbocycles. The summed E-state index contributed by atoms with van der Waals surface area (Å²) in [6.45, 7) is -3.71. The molecule has 5 N–H and O–H groups in total. The number of pyridine rings is 1. The van der Waals surface area contributed by atoms with Crippen molar-refractivity contribution in [1.82, 2.24) is 19.7 Å². The summed E-state index contributed by atoms with van der Waals surface area (Å²) in [5.41, 5.74) is -4.26. The van der Waals surface area contributed by atoms with Crippen LogP contribution in [0.3, 0.4) is 0 Å². The maximum Gasteiger partial charge on any atom is 0.419 e. The zero-order chi connectivity index (χ0) is 33.2. The number of H-pyrrole nitrogens is 1. The third kappa shape index (κ3) is 9.83. The van der Waals surface area contributed by atoms with Crippen molar-refractivity contribution in [3.05, 3.63) is 28.0 Å². The molecule has 16 nitrogen and oxygen atoms in total. The number of carboxylic acid groups (broad SMARTS) is 3. The Labute approximate surface area is 246 Å². The summed E-state index contributed by atoms with van der Waals surface area (Å²) in [5, 5.41) is 28.6. The van der Waals surface area contributed by atoms with Crippen molar-refractivity contribution in [3.8, 4) is 11.5 Å². The fourth-order valence-corrected chi connectivity index (χ4v) is 4.19. The predicted molar refractivity (Wildman–Crippen MR) is 145 cm³/mol. The summed E-state index contributed by atoms with van der Waals surface area (Å²) >= 11 is 0. The molecule has 0 atom stereocenters. The average molecular weight is 634 g/mol. The Bertz CT molecular complexity index is 1430. The van der Waals surface area contributed by atoms with Gasteiger partial charge >= 0.3 is 30.1 Å². The van der Waals surface area contributed by atoms with Gasteiger partial charge in [0.1, 0.15) is 12.0 Å². The molecule has 0 bridgehead atoms. The third-order valence-corrected chi connectivity index (χ3v) is 6.11.